The molecule has 1 aromatic rings. The summed E-state index contributed by atoms with van der Waals surface area (Å²) in [6.07, 6.45) is 3.15. The summed E-state index contributed by atoms with van der Waals surface area (Å²) in [6.45, 7) is 7.52. The average Bonchev–Trinajstić information content (AvgIpc) is 2.75. The largest absolute Gasteiger partial charge is 0.476 e. The minimum atomic E-state index is -0.938. The van der Waals surface area contributed by atoms with E-state index in [2.05, 4.69) is 23.7 Å². The van der Waals surface area contributed by atoms with E-state index in [4.69, 9.17) is 5.11 Å². The van der Waals surface area contributed by atoms with E-state index in [9.17, 15) is 4.79 Å². The van der Waals surface area contributed by atoms with Crippen molar-refractivity contribution in [2.75, 3.05) is 19.6 Å². The van der Waals surface area contributed by atoms with Crippen molar-refractivity contribution in [3.8, 4) is 0 Å². The third-order valence-electron chi connectivity index (χ3n) is 2.49. The minimum absolute atomic E-state index is 0.169. The van der Waals surface area contributed by atoms with Gasteiger partial charge in [-0.25, -0.2) is 9.78 Å². The number of aromatic carboxylic acids is 1. The van der Waals surface area contributed by atoms with Crippen molar-refractivity contribution in [3.05, 3.63) is 16.1 Å². The highest BCUT2D eigenvalue weighted by Crippen LogP contribution is 2.11. The molecule has 0 spiro atoms. The van der Waals surface area contributed by atoms with Gasteiger partial charge in [-0.1, -0.05) is 13.8 Å². The highest BCUT2D eigenvalue weighted by Gasteiger charge is 2.09. The lowest BCUT2D eigenvalue weighted by Gasteiger charge is -2.19. The van der Waals surface area contributed by atoms with Crippen molar-refractivity contribution in [1.29, 1.82) is 0 Å². The van der Waals surface area contributed by atoms with Crippen LogP contribution in [0.4, 0.5) is 0 Å². The van der Waals surface area contributed by atoms with Crippen LogP contribution in [-0.2, 0) is 6.42 Å². The number of nitrogens with zero attached hydrogens (tertiary/aromatic N) is 2. The van der Waals surface area contributed by atoms with Gasteiger partial charge in [-0.05, 0) is 25.9 Å². The van der Waals surface area contributed by atoms with Gasteiger partial charge in [-0.3, -0.25) is 0 Å². The monoisotopic (exact) mass is 256 g/mol. The van der Waals surface area contributed by atoms with Crippen LogP contribution in [0, 0.1) is 0 Å². The van der Waals surface area contributed by atoms with Gasteiger partial charge in [0.1, 0.15) is 0 Å². The van der Waals surface area contributed by atoms with E-state index in [1.165, 1.54) is 11.3 Å². The number of carbonyl (C=O) groups is 1. The molecule has 0 saturated heterocycles. The molecule has 0 atom stereocenters. The molecule has 1 aromatic heterocycles. The molecule has 1 heterocycles. The molecule has 0 bridgehead atoms. The standard InChI is InChI=1S/C12H20N2O2S/c1-3-6-14(7-4-2)8-5-11-13-10(9-17-11)12(15)16/h9H,3-8H2,1-2H3,(H,15,16). The van der Waals surface area contributed by atoms with E-state index in [1.54, 1.807) is 5.38 Å². The quantitative estimate of drug-likeness (QED) is 0.776. The Morgan fingerprint density at radius 2 is 2.00 bits per heavy atom. The molecule has 1 N–H and O–H groups in total. The van der Waals surface area contributed by atoms with Gasteiger partial charge in [0, 0.05) is 18.3 Å². The van der Waals surface area contributed by atoms with Crippen molar-refractivity contribution in [1.82, 2.24) is 9.88 Å². The molecule has 1 rings (SSSR count). The van der Waals surface area contributed by atoms with Crippen LogP contribution in [0.3, 0.4) is 0 Å². The van der Waals surface area contributed by atoms with Crippen molar-refractivity contribution < 1.29 is 9.90 Å². The highest BCUT2D eigenvalue weighted by molar-refractivity contribution is 7.09. The van der Waals surface area contributed by atoms with Crippen LogP contribution in [-0.4, -0.2) is 40.6 Å². The Morgan fingerprint density at radius 3 is 2.47 bits per heavy atom. The van der Waals surface area contributed by atoms with Crippen molar-refractivity contribution in [2.24, 2.45) is 0 Å². The number of hydrogen-bond acceptors (Lipinski definition) is 4. The van der Waals surface area contributed by atoms with Crippen LogP contribution in [0.5, 0.6) is 0 Å². The zero-order valence-electron chi connectivity index (χ0n) is 10.5. The van der Waals surface area contributed by atoms with E-state index in [1.807, 2.05) is 0 Å². The van der Waals surface area contributed by atoms with E-state index >= 15 is 0 Å². The maximum atomic E-state index is 10.7. The van der Waals surface area contributed by atoms with Crippen LogP contribution >= 0.6 is 11.3 Å². The van der Waals surface area contributed by atoms with Gasteiger partial charge < -0.3 is 10.0 Å². The Hall–Kier alpha value is -0.940. The van der Waals surface area contributed by atoms with Gasteiger partial charge in [-0.15, -0.1) is 11.3 Å². The molecular weight excluding hydrogens is 236 g/mol. The number of carboxylic acids is 1. The van der Waals surface area contributed by atoms with Crippen molar-refractivity contribution >= 4 is 17.3 Å². The molecule has 0 aliphatic heterocycles. The fourth-order valence-electron chi connectivity index (χ4n) is 1.75. The highest BCUT2D eigenvalue weighted by atomic mass is 32.1. The van der Waals surface area contributed by atoms with Crippen molar-refractivity contribution in [3.63, 3.8) is 0 Å². The molecule has 0 saturated carbocycles. The zero-order valence-corrected chi connectivity index (χ0v) is 11.3. The molecule has 0 aliphatic rings. The molecule has 0 aliphatic carbocycles. The fourth-order valence-corrected chi connectivity index (χ4v) is 2.51. The summed E-state index contributed by atoms with van der Waals surface area (Å²) in [5.41, 5.74) is 0.169. The second-order valence-corrected chi connectivity index (χ2v) is 4.97. The topological polar surface area (TPSA) is 53.4 Å². The van der Waals surface area contributed by atoms with Crippen molar-refractivity contribution in [2.45, 2.75) is 33.1 Å². The van der Waals surface area contributed by atoms with Gasteiger partial charge in [-0.2, -0.15) is 0 Å². The minimum Gasteiger partial charge on any atom is -0.476 e. The predicted octanol–water partition coefficient (Wildman–Crippen LogP) is 2.51. The first-order valence-electron chi connectivity index (χ1n) is 6.07. The average molecular weight is 256 g/mol. The Labute approximate surface area is 106 Å². The van der Waals surface area contributed by atoms with Gasteiger partial charge in [0.05, 0.1) is 5.01 Å². The first-order valence-corrected chi connectivity index (χ1v) is 6.95. The maximum absolute atomic E-state index is 10.7. The molecule has 17 heavy (non-hydrogen) atoms. The fraction of sp³-hybridized carbons (Fsp3) is 0.667. The summed E-state index contributed by atoms with van der Waals surface area (Å²) < 4.78 is 0. The maximum Gasteiger partial charge on any atom is 0.355 e. The van der Waals surface area contributed by atoms with Crippen LogP contribution < -0.4 is 0 Å². The normalized spacial score (nSPS) is 11.0. The van der Waals surface area contributed by atoms with Gasteiger partial charge >= 0.3 is 5.97 Å². The van der Waals surface area contributed by atoms with Crippen LogP contribution in [0.25, 0.3) is 0 Å². The lowest BCUT2D eigenvalue weighted by atomic mass is 10.3. The Bertz CT molecular complexity index is 346. The number of hydrogen-bond donors (Lipinski definition) is 1. The predicted molar refractivity (Wildman–Crippen MR) is 69.8 cm³/mol. The summed E-state index contributed by atoms with van der Waals surface area (Å²) in [7, 11) is 0. The molecule has 4 nitrogen and oxygen atoms in total. The van der Waals surface area contributed by atoms with Gasteiger partial charge in [0.25, 0.3) is 0 Å². The second kappa shape index (κ2) is 7.40. The number of aromatic nitrogens is 1. The van der Waals surface area contributed by atoms with Crippen LogP contribution in [0.15, 0.2) is 5.38 Å². The van der Waals surface area contributed by atoms with Crippen LogP contribution in [0.1, 0.15) is 42.2 Å². The lowest BCUT2D eigenvalue weighted by molar-refractivity contribution is 0.0691. The smallest absolute Gasteiger partial charge is 0.355 e. The molecule has 0 radical (unpaired) electrons. The summed E-state index contributed by atoms with van der Waals surface area (Å²) in [5, 5.41) is 11.3. The summed E-state index contributed by atoms with van der Waals surface area (Å²) in [6, 6.07) is 0. The third kappa shape index (κ3) is 4.83. The molecule has 96 valence electrons. The first-order chi connectivity index (χ1) is 8.17. The Kier molecular flexibility index (Phi) is 6.15. The Morgan fingerprint density at radius 1 is 1.35 bits per heavy atom. The van der Waals surface area contributed by atoms with Gasteiger partial charge in [0.2, 0.25) is 0 Å². The third-order valence-corrected chi connectivity index (χ3v) is 3.40. The van der Waals surface area contributed by atoms with Crippen LogP contribution in [0.2, 0.25) is 0 Å². The van der Waals surface area contributed by atoms with E-state index in [0.29, 0.717) is 0 Å². The molecule has 0 unspecified atom stereocenters. The van der Waals surface area contributed by atoms with E-state index in [0.717, 1.165) is 43.9 Å². The summed E-state index contributed by atoms with van der Waals surface area (Å²) in [4.78, 5) is 17.2. The number of carboxylic acid groups (broad SMARTS) is 1. The molecule has 0 fully saturated rings. The molecular formula is C12H20N2O2S. The summed E-state index contributed by atoms with van der Waals surface area (Å²) in [5.74, 6) is -0.938. The SMILES string of the molecule is CCCN(CCC)CCc1nc(C(=O)O)cs1. The molecule has 0 amide bonds. The number of rotatable bonds is 8. The lowest BCUT2D eigenvalue weighted by Crippen LogP contribution is -2.27. The van der Waals surface area contributed by atoms with Gasteiger partial charge in [0.15, 0.2) is 5.69 Å². The molecule has 0 aromatic carbocycles. The van der Waals surface area contributed by atoms with E-state index < -0.39 is 5.97 Å². The first kappa shape index (κ1) is 14.1. The second-order valence-electron chi connectivity index (χ2n) is 4.02. The Balaban J connectivity index is 2.44. The summed E-state index contributed by atoms with van der Waals surface area (Å²) >= 11 is 1.44. The van der Waals surface area contributed by atoms with E-state index in [-0.39, 0.29) is 5.69 Å². The zero-order chi connectivity index (χ0) is 12.7. The molecule has 5 heteroatoms. The number of thiazole rings is 1.